The third kappa shape index (κ3) is 1.60. The summed E-state index contributed by atoms with van der Waals surface area (Å²) in [6, 6.07) is 7.75. The van der Waals surface area contributed by atoms with Crippen LogP contribution in [0.25, 0.3) is 11.0 Å². The molecule has 1 N–H and O–H groups in total. The topological polar surface area (TPSA) is 61.7 Å². The number of imidazole rings is 1. The molecule has 4 nitrogen and oxygen atoms in total. The van der Waals surface area contributed by atoms with Gasteiger partial charge in [0.2, 0.25) is 0 Å². The second-order valence-electron chi connectivity index (χ2n) is 4.49. The summed E-state index contributed by atoms with van der Waals surface area (Å²) in [5.74, 6) is 1.31. The number of fused-ring (bicyclic) bond motifs is 1. The molecule has 86 valence electrons. The number of hydrogen-bond acceptors (Lipinski definition) is 3. The molecule has 1 aromatic heterocycles. The van der Waals surface area contributed by atoms with E-state index in [1.807, 2.05) is 12.1 Å². The van der Waals surface area contributed by atoms with Gasteiger partial charge in [-0.15, -0.1) is 0 Å². The Morgan fingerprint density at radius 3 is 3.12 bits per heavy atom. The van der Waals surface area contributed by atoms with Crippen LogP contribution in [0.15, 0.2) is 18.2 Å². The van der Waals surface area contributed by atoms with Gasteiger partial charge in [-0.05, 0) is 24.5 Å². The van der Waals surface area contributed by atoms with Gasteiger partial charge < -0.3 is 9.72 Å². The Morgan fingerprint density at radius 2 is 2.41 bits per heavy atom. The zero-order chi connectivity index (χ0) is 11.8. The van der Waals surface area contributed by atoms with E-state index >= 15 is 0 Å². The van der Waals surface area contributed by atoms with Gasteiger partial charge in [0.1, 0.15) is 23.5 Å². The number of nitrogens with zero attached hydrogens (tertiary/aromatic N) is 2. The van der Waals surface area contributed by atoms with Crippen LogP contribution >= 0.6 is 0 Å². The third-order valence-electron chi connectivity index (χ3n) is 3.31. The molecule has 1 aliphatic heterocycles. The standard InChI is InChI=1S/C13H13N3O/c1-8-5-6-17-12(8)13-15-10-4-2-3-9(7-14)11(10)16-13/h2-4,8,12H,5-6H2,1H3,(H,15,16). The predicted molar refractivity (Wildman–Crippen MR) is 63.3 cm³/mol. The Labute approximate surface area is 99.2 Å². The van der Waals surface area contributed by atoms with E-state index in [1.165, 1.54) is 0 Å². The molecule has 3 rings (SSSR count). The van der Waals surface area contributed by atoms with Crippen LogP contribution in [0.3, 0.4) is 0 Å². The van der Waals surface area contributed by atoms with E-state index in [1.54, 1.807) is 6.07 Å². The molecule has 0 spiro atoms. The summed E-state index contributed by atoms with van der Waals surface area (Å²) in [4.78, 5) is 7.77. The van der Waals surface area contributed by atoms with Crippen molar-refractivity contribution < 1.29 is 4.74 Å². The van der Waals surface area contributed by atoms with Crippen LogP contribution in [0, 0.1) is 17.2 Å². The summed E-state index contributed by atoms with van der Waals surface area (Å²) in [5, 5.41) is 9.03. The molecule has 2 heterocycles. The molecule has 2 aromatic rings. The van der Waals surface area contributed by atoms with Crippen LogP contribution in [0.2, 0.25) is 0 Å². The average molecular weight is 227 g/mol. The monoisotopic (exact) mass is 227 g/mol. The molecule has 17 heavy (non-hydrogen) atoms. The maximum Gasteiger partial charge on any atom is 0.136 e. The average Bonchev–Trinajstić information content (AvgIpc) is 2.93. The molecule has 1 saturated heterocycles. The lowest BCUT2D eigenvalue weighted by atomic mass is 10.0. The summed E-state index contributed by atoms with van der Waals surface area (Å²) in [6.45, 7) is 2.95. The van der Waals surface area contributed by atoms with Crippen molar-refractivity contribution in [1.82, 2.24) is 9.97 Å². The summed E-state index contributed by atoms with van der Waals surface area (Å²) in [5.41, 5.74) is 2.25. The second kappa shape index (κ2) is 3.86. The fourth-order valence-corrected chi connectivity index (χ4v) is 2.32. The largest absolute Gasteiger partial charge is 0.370 e. The highest BCUT2D eigenvalue weighted by molar-refractivity contribution is 5.81. The third-order valence-corrected chi connectivity index (χ3v) is 3.31. The van der Waals surface area contributed by atoms with Crippen LogP contribution in [0.5, 0.6) is 0 Å². The highest BCUT2D eigenvalue weighted by Gasteiger charge is 2.28. The summed E-state index contributed by atoms with van der Waals surface area (Å²) >= 11 is 0. The van der Waals surface area contributed by atoms with E-state index in [0.717, 1.165) is 29.9 Å². The first-order valence-electron chi connectivity index (χ1n) is 5.80. The molecule has 1 aliphatic rings. The molecular formula is C13H13N3O. The fourth-order valence-electron chi connectivity index (χ4n) is 2.32. The molecule has 2 atom stereocenters. The van der Waals surface area contributed by atoms with Gasteiger partial charge in [-0.1, -0.05) is 13.0 Å². The van der Waals surface area contributed by atoms with Gasteiger partial charge in [0.15, 0.2) is 0 Å². The number of ether oxygens (including phenoxy) is 1. The molecule has 0 radical (unpaired) electrons. The number of rotatable bonds is 1. The van der Waals surface area contributed by atoms with Crippen molar-refractivity contribution >= 4 is 11.0 Å². The maximum atomic E-state index is 9.03. The minimum absolute atomic E-state index is 0.0361. The van der Waals surface area contributed by atoms with Crippen molar-refractivity contribution in [2.75, 3.05) is 6.61 Å². The fraction of sp³-hybridized carbons (Fsp3) is 0.385. The Morgan fingerprint density at radius 1 is 1.53 bits per heavy atom. The Bertz CT molecular complexity index is 596. The van der Waals surface area contributed by atoms with Crippen LogP contribution in [0.4, 0.5) is 0 Å². The van der Waals surface area contributed by atoms with Crippen molar-refractivity contribution in [3.63, 3.8) is 0 Å². The van der Waals surface area contributed by atoms with E-state index in [-0.39, 0.29) is 6.10 Å². The van der Waals surface area contributed by atoms with Crippen molar-refractivity contribution in [1.29, 1.82) is 5.26 Å². The molecule has 0 aliphatic carbocycles. The summed E-state index contributed by atoms with van der Waals surface area (Å²) in [6.07, 6.45) is 1.10. The first-order chi connectivity index (χ1) is 8.29. The lowest BCUT2D eigenvalue weighted by molar-refractivity contribution is 0.0883. The van der Waals surface area contributed by atoms with Crippen LogP contribution < -0.4 is 0 Å². The van der Waals surface area contributed by atoms with Gasteiger partial charge in [0.05, 0.1) is 11.1 Å². The zero-order valence-electron chi connectivity index (χ0n) is 9.60. The van der Waals surface area contributed by atoms with Gasteiger partial charge >= 0.3 is 0 Å². The van der Waals surface area contributed by atoms with E-state index in [9.17, 15) is 0 Å². The van der Waals surface area contributed by atoms with E-state index in [4.69, 9.17) is 10.00 Å². The molecule has 0 saturated carbocycles. The first-order valence-corrected chi connectivity index (χ1v) is 5.80. The predicted octanol–water partition coefficient (Wildman–Crippen LogP) is 2.53. The van der Waals surface area contributed by atoms with E-state index < -0.39 is 0 Å². The normalized spacial score (nSPS) is 24.0. The summed E-state index contributed by atoms with van der Waals surface area (Å²) < 4.78 is 5.68. The van der Waals surface area contributed by atoms with E-state index in [0.29, 0.717) is 11.5 Å². The number of aromatic nitrogens is 2. The van der Waals surface area contributed by atoms with Gasteiger partial charge in [-0.25, -0.2) is 4.98 Å². The first kappa shape index (κ1) is 10.3. The number of aromatic amines is 1. The van der Waals surface area contributed by atoms with Gasteiger partial charge in [-0.3, -0.25) is 0 Å². The number of nitrogens with one attached hydrogen (secondary N) is 1. The molecular weight excluding hydrogens is 214 g/mol. The number of nitriles is 1. The summed E-state index contributed by atoms with van der Waals surface area (Å²) in [7, 11) is 0. The minimum atomic E-state index is 0.0361. The van der Waals surface area contributed by atoms with E-state index in [2.05, 4.69) is 23.0 Å². The van der Waals surface area contributed by atoms with Crippen molar-refractivity contribution in [3.8, 4) is 6.07 Å². The SMILES string of the molecule is CC1CCOC1c1nc2c(C#N)cccc2[nH]1. The highest BCUT2D eigenvalue weighted by atomic mass is 16.5. The molecule has 1 aromatic carbocycles. The zero-order valence-corrected chi connectivity index (χ0v) is 9.60. The molecule has 0 bridgehead atoms. The van der Waals surface area contributed by atoms with Crippen molar-refractivity contribution in [2.24, 2.45) is 5.92 Å². The Hall–Kier alpha value is -1.86. The van der Waals surface area contributed by atoms with Crippen molar-refractivity contribution in [2.45, 2.75) is 19.4 Å². The lowest BCUT2D eigenvalue weighted by Crippen LogP contribution is -2.05. The highest BCUT2D eigenvalue weighted by Crippen LogP contribution is 2.33. The smallest absolute Gasteiger partial charge is 0.136 e. The maximum absolute atomic E-state index is 9.03. The van der Waals surface area contributed by atoms with Gasteiger partial charge in [0.25, 0.3) is 0 Å². The van der Waals surface area contributed by atoms with Gasteiger partial charge in [0, 0.05) is 6.61 Å². The molecule has 0 amide bonds. The Kier molecular flexibility index (Phi) is 2.34. The lowest BCUT2D eigenvalue weighted by Gasteiger charge is -2.10. The number of benzene rings is 1. The number of hydrogen-bond donors (Lipinski definition) is 1. The molecule has 4 heteroatoms. The molecule has 1 fully saturated rings. The number of para-hydroxylation sites is 1. The van der Waals surface area contributed by atoms with Crippen LogP contribution in [-0.2, 0) is 4.74 Å². The van der Waals surface area contributed by atoms with Crippen LogP contribution in [0.1, 0.15) is 30.8 Å². The minimum Gasteiger partial charge on any atom is -0.370 e. The number of H-pyrrole nitrogens is 1. The molecule has 2 unspecified atom stereocenters. The van der Waals surface area contributed by atoms with Gasteiger partial charge in [-0.2, -0.15) is 5.26 Å². The second-order valence-corrected chi connectivity index (χ2v) is 4.49. The van der Waals surface area contributed by atoms with Crippen LogP contribution in [-0.4, -0.2) is 16.6 Å². The Balaban J connectivity index is 2.11. The quantitative estimate of drug-likeness (QED) is 0.814. The van der Waals surface area contributed by atoms with Crippen molar-refractivity contribution in [3.05, 3.63) is 29.6 Å².